The first-order valence-electron chi connectivity index (χ1n) is 4.12. The Morgan fingerprint density at radius 1 is 1.00 bits per heavy atom. The van der Waals surface area contributed by atoms with Gasteiger partial charge in [-0.15, -0.1) is 0 Å². The molecule has 0 aromatic carbocycles. The van der Waals surface area contributed by atoms with Gasteiger partial charge in [0.25, 0.3) is 0 Å². The summed E-state index contributed by atoms with van der Waals surface area (Å²) in [5.74, 6) is 0. The molecule has 1 heteroatoms. The smallest absolute Gasteiger partial charge is 0.0142 e. The average Bonchev–Trinajstić information content (AvgIpc) is 1.95. The van der Waals surface area contributed by atoms with E-state index < -0.39 is 0 Å². The van der Waals surface area contributed by atoms with Crippen LogP contribution in [-0.4, -0.2) is 6.04 Å². The highest BCUT2D eigenvalue weighted by molar-refractivity contribution is 4.99. The summed E-state index contributed by atoms with van der Waals surface area (Å²) >= 11 is 0. The molecule has 0 aromatic rings. The SMILES string of the molecule is CC1(C)CCC(C)(C)C1N. The molecule has 10 heavy (non-hydrogen) atoms. The van der Waals surface area contributed by atoms with Gasteiger partial charge in [-0.3, -0.25) is 0 Å². The maximum atomic E-state index is 6.09. The van der Waals surface area contributed by atoms with Gasteiger partial charge in [0.1, 0.15) is 0 Å². The van der Waals surface area contributed by atoms with Gasteiger partial charge in [-0.05, 0) is 23.7 Å². The Morgan fingerprint density at radius 3 is 1.40 bits per heavy atom. The lowest BCUT2D eigenvalue weighted by Crippen LogP contribution is -2.41. The Bertz CT molecular complexity index is 120. The van der Waals surface area contributed by atoms with Gasteiger partial charge in [0.05, 0.1) is 0 Å². The quantitative estimate of drug-likeness (QED) is 0.549. The lowest BCUT2D eigenvalue weighted by Gasteiger charge is -2.31. The van der Waals surface area contributed by atoms with Gasteiger partial charge in [-0.1, -0.05) is 27.7 Å². The van der Waals surface area contributed by atoms with Gasteiger partial charge < -0.3 is 5.73 Å². The molecule has 0 spiro atoms. The molecule has 0 atom stereocenters. The van der Waals surface area contributed by atoms with Crippen LogP contribution < -0.4 is 5.73 Å². The van der Waals surface area contributed by atoms with E-state index in [0.717, 1.165) is 0 Å². The lowest BCUT2D eigenvalue weighted by molar-refractivity contribution is 0.242. The monoisotopic (exact) mass is 141 g/mol. The first kappa shape index (κ1) is 8.06. The second kappa shape index (κ2) is 1.97. The summed E-state index contributed by atoms with van der Waals surface area (Å²) in [5.41, 5.74) is 6.82. The third-order valence-corrected chi connectivity index (χ3v) is 3.10. The van der Waals surface area contributed by atoms with E-state index in [9.17, 15) is 0 Å². The highest BCUT2D eigenvalue weighted by Gasteiger charge is 2.44. The van der Waals surface area contributed by atoms with Crippen LogP contribution in [0.25, 0.3) is 0 Å². The van der Waals surface area contributed by atoms with E-state index in [1.807, 2.05) is 0 Å². The van der Waals surface area contributed by atoms with Crippen LogP contribution in [0.2, 0.25) is 0 Å². The molecule has 0 bridgehead atoms. The molecule has 1 saturated carbocycles. The normalized spacial score (nSPS) is 30.9. The molecule has 1 rings (SSSR count). The molecule has 0 heterocycles. The van der Waals surface area contributed by atoms with Gasteiger partial charge in [0.15, 0.2) is 0 Å². The molecule has 1 nitrogen and oxygen atoms in total. The van der Waals surface area contributed by atoms with E-state index in [0.29, 0.717) is 16.9 Å². The molecule has 0 saturated heterocycles. The number of nitrogens with two attached hydrogens (primary N) is 1. The molecule has 60 valence electrons. The molecule has 0 aliphatic heterocycles. The van der Waals surface area contributed by atoms with Crippen molar-refractivity contribution in [1.29, 1.82) is 0 Å². The van der Waals surface area contributed by atoms with Crippen molar-refractivity contribution in [3.05, 3.63) is 0 Å². The third kappa shape index (κ3) is 1.07. The Morgan fingerprint density at radius 2 is 1.30 bits per heavy atom. The van der Waals surface area contributed by atoms with Gasteiger partial charge in [0, 0.05) is 6.04 Å². The lowest BCUT2D eigenvalue weighted by atomic mass is 9.79. The predicted molar refractivity (Wildman–Crippen MR) is 44.8 cm³/mol. The zero-order valence-corrected chi connectivity index (χ0v) is 7.57. The fourth-order valence-electron chi connectivity index (χ4n) is 2.01. The van der Waals surface area contributed by atoms with Crippen molar-refractivity contribution in [2.75, 3.05) is 0 Å². The largest absolute Gasteiger partial charge is 0.327 e. The first-order valence-corrected chi connectivity index (χ1v) is 4.12. The van der Waals surface area contributed by atoms with E-state index in [2.05, 4.69) is 27.7 Å². The minimum Gasteiger partial charge on any atom is -0.327 e. The maximum absolute atomic E-state index is 6.09. The van der Waals surface area contributed by atoms with Gasteiger partial charge in [-0.2, -0.15) is 0 Å². The van der Waals surface area contributed by atoms with Gasteiger partial charge in [-0.25, -0.2) is 0 Å². The molecular weight excluding hydrogens is 122 g/mol. The molecule has 1 fully saturated rings. The Hall–Kier alpha value is -0.0400. The topological polar surface area (TPSA) is 26.0 Å². The Labute approximate surface area is 64.0 Å². The molecule has 1 aliphatic carbocycles. The highest BCUT2D eigenvalue weighted by atomic mass is 14.8. The Kier molecular flexibility index (Phi) is 1.59. The van der Waals surface area contributed by atoms with E-state index >= 15 is 0 Å². The number of rotatable bonds is 0. The molecule has 0 radical (unpaired) electrons. The number of hydrogen-bond acceptors (Lipinski definition) is 1. The summed E-state index contributed by atoms with van der Waals surface area (Å²) in [6, 6.07) is 0.375. The van der Waals surface area contributed by atoms with E-state index in [-0.39, 0.29) is 0 Å². The van der Waals surface area contributed by atoms with Crippen LogP contribution in [0.4, 0.5) is 0 Å². The van der Waals surface area contributed by atoms with Crippen LogP contribution in [0.1, 0.15) is 40.5 Å². The van der Waals surface area contributed by atoms with Crippen LogP contribution in [0.15, 0.2) is 0 Å². The van der Waals surface area contributed by atoms with E-state index in [4.69, 9.17) is 5.73 Å². The third-order valence-electron chi connectivity index (χ3n) is 3.10. The van der Waals surface area contributed by atoms with Crippen LogP contribution in [0.5, 0.6) is 0 Å². The van der Waals surface area contributed by atoms with Crippen LogP contribution >= 0.6 is 0 Å². The van der Waals surface area contributed by atoms with Gasteiger partial charge >= 0.3 is 0 Å². The summed E-state index contributed by atoms with van der Waals surface area (Å²) in [7, 11) is 0. The molecule has 0 amide bonds. The van der Waals surface area contributed by atoms with Crippen LogP contribution in [0.3, 0.4) is 0 Å². The summed E-state index contributed by atoms with van der Waals surface area (Å²) in [5, 5.41) is 0. The van der Waals surface area contributed by atoms with Gasteiger partial charge in [0.2, 0.25) is 0 Å². The summed E-state index contributed by atoms with van der Waals surface area (Å²) in [6.07, 6.45) is 2.56. The molecule has 0 aromatic heterocycles. The summed E-state index contributed by atoms with van der Waals surface area (Å²) in [4.78, 5) is 0. The molecule has 1 aliphatic rings. The predicted octanol–water partition coefficient (Wildman–Crippen LogP) is 2.16. The fourth-order valence-corrected chi connectivity index (χ4v) is 2.01. The van der Waals surface area contributed by atoms with Crippen molar-refractivity contribution in [2.24, 2.45) is 16.6 Å². The van der Waals surface area contributed by atoms with Crippen molar-refractivity contribution in [2.45, 2.75) is 46.6 Å². The molecule has 0 unspecified atom stereocenters. The second-order valence-electron chi connectivity index (χ2n) is 4.95. The van der Waals surface area contributed by atoms with Crippen molar-refractivity contribution in [1.82, 2.24) is 0 Å². The minimum atomic E-state index is 0.365. The zero-order valence-electron chi connectivity index (χ0n) is 7.57. The zero-order chi connectivity index (χ0) is 7.99. The fraction of sp³-hybridized carbons (Fsp3) is 1.00. The highest BCUT2D eigenvalue weighted by Crippen LogP contribution is 2.47. The molecule has 2 N–H and O–H groups in total. The van der Waals surface area contributed by atoms with E-state index in [1.54, 1.807) is 0 Å². The van der Waals surface area contributed by atoms with Crippen LogP contribution in [-0.2, 0) is 0 Å². The van der Waals surface area contributed by atoms with Crippen molar-refractivity contribution in [3.63, 3.8) is 0 Å². The van der Waals surface area contributed by atoms with Crippen molar-refractivity contribution >= 4 is 0 Å². The summed E-state index contributed by atoms with van der Waals surface area (Å²) in [6.45, 7) is 9.08. The standard InChI is InChI=1S/C9H19N/c1-8(2)5-6-9(3,4)7(8)10/h7H,5-6,10H2,1-4H3. The molecular formula is C9H19N. The Balaban J connectivity index is 2.77. The minimum absolute atomic E-state index is 0.365. The summed E-state index contributed by atoms with van der Waals surface area (Å²) < 4.78 is 0. The number of hydrogen-bond donors (Lipinski definition) is 1. The van der Waals surface area contributed by atoms with E-state index in [1.165, 1.54) is 12.8 Å². The van der Waals surface area contributed by atoms with Crippen molar-refractivity contribution in [3.8, 4) is 0 Å². The second-order valence-corrected chi connectivity index (χ2v) is 4.95. The maximum Gasteiger partial charge on any atom is 0.0142 e. The average molecular weight is 141 g/mol. The van der Waals surface area contributed by atoms with Crippen LogP contribution in [0, 0.1) is 10.8 Å². The first-order chi connectivity index (χ1) is 4.36. The van der Waals surface area contributed by atoms with Crippen molar-refractivity contribution < 1.29 is 0 Å².